The number of aromatic nitrogens is 2. The van der Waals surface area contributed by atoms with Gasteiger partial charge in [0.1, 0.15) is 0 Å². The number of carbonyl (C=O) groups is 2. The SMILES string of the molecule is Cc1ccc(CN2C(=O)CC[C@H](C(=O)O)[C@@H]2c2cnn(C)c2)cc1. The Kier molecular flexibility index (Phi) is 4.38. The summed E-state index contributed by atoms with van der Waals surface area (Å²) in [5.41, 5.74) is 2.91. The molecule has 0 unspecified atom stereocenters. The summed E-state index contributed by atoms with van der Waals surface area (Å²) >= 11 is 0. The van der Waals surface area contributed by atoms with E-state index >= 15 is 0 Å². The lowest BCUT2D eigenvalue weighted by atomic mass is 9.85. The number of nitrogens with zero attached hydrogens (tertiary/aromatic N) is 3. The van der Waals surface area contributed by atoms with Crippen molar-refractivity contribution in [2.45, 2.75) is 32.4 Å². The van der Waals surface area contributed by atoms with Crippen LogP contribution in [0.25, 0.3) is 0 Å². The van der Waals surface area contributed by atoms with Crippen LogP contribution in [0.5, 0.6) is 0 Å². The lowest BCUT2D eigenvalue weighted by molar-refractivity contribution is -0.152. The van der Waals surface area contributed by atoms with Crippen LogP contribution < -0.4 is 0 Å². The molecule has 0 aliphatic carbocycles. The van der Waals surface area contributed by atoms with E-state index in [-0.39, 0.29) is 12.3 Å². The molecule has 2 heterocycles. The van der Waals surface area contributed by atoms with Crippen molar-refractivity contribution in [3.05, 3.63) is 53.3 Å². The molecule has 3 rings (SSSR count). The Morgan fingerprint density at radius 2 is 2.04 bits per heavy atom. The van der Waals surface area contributed by atoms with Crippen molar-refractivity contribution in [2.24, 2.45) is 13.0 Å². The third-order valence-corrected chi connectivity index (χ3v) is 4.56. The van der Waals surface area contributed by atoms with Crippen LogP contribution in [0.1, 0.15) is 35.6 Å². The highest BCUT2D eigenvalue weighted by atomic mass is 16.4. The highest BCUT2D eigenvalue weighted by molar-refractivity contribution is 5.81. The van der Waals surface area contributed by atoms with Gasteiger partial charge >= 0.3 is 5.97 Å². The van der Waals surface area contributed by atoms with Crippen LogP contribution in [0.15, 0.2) is 36.7 Å². The molecular formula is C18H21N3O3. The summed E-state index contributed by atoms with van der Waals surface area (Å²) in [7, 11) is 1.79. The number of carboxylic acid groups (broad SMARTS) is 1. The molecule has 1 fully saturated rings. The molecule has 1 aliphatic rings. The Labute approximate surface area is 140 Å². The second kappa shape index (κ2) is 6.47. The van der Waals surface area contributed by atoms with E-state index in [0.29, 0.717) is 13.0 Å². The average Bonchev–Trinajstić information content (AvgIpc) is 2.97. The first-order valence-electron chi connectivity index (χ1n) is 8.02. The number of benzene rings is 1. The lowest BCUT2D eigenvalue weighted by Gasteiger charge is -2.39. The number of carboxylic acids is 1. The molecule has 2 aromatic rings. The van der Waals surface area contributed by atoms with E-state index in [4.69, 9.17) is 0 Å². The van der Waals surface area contributed by atoms with Crippen molar-refractivity contribution in [2.75, 3.05) is 0 Å². The van der Waals surface area contributed by atoms with Gasteiger partial charge in [-0.2, -0.15) is 5.10 Å². The Hall–Kier alpha value is -2.63. The Bertz CT molecular complexity index is 751. The van der Waals surface area contributed by atoms with Gasteiger partial charge < -0.3 is 10.0 Å². The van der Waals surface area contributed by atoms with Crippen molar-refractivity contribution in [3.63, 3.8) is 0 Å². The molecule has 0 bridgehead atoms. The molecule has 24 heavy (non-hydrogen) atoms. The zero-order valence-corrected chi connectivity index (χ0v) is 13.8. The van der Waals surface area contributed by atoms with Crippen LogP contribution in [0.2, 0.25) is 0 Å². The monoisotopic (exact) mass is 327 g/mol. The maximum absolute atomic E-state index is 12.5. The van der Waals surface area contributed by atoms with Gasteiger partial charge in [0.05, 0.1) is 18.2 Å². The highest BCUT2D eigenvalue weighted by Gasteiger charge is 2.41. The molecule has 1 aromatic heterocycles. The quantitative estimate of drug-likeness (QED) is 0.935. The van der Waals surface area contributed by atoms with Crippen LogP contribution in [0.4, 0.5) is 0 Å². The summed E-state index contributed by atoms with van der Waals surface area (Å²) in [6, 6.07) is 7.47. The number of aryl methyl sites for hydroxylation is 2. The number of piperidine rings is 1. The summed E-state index contributed by atoms with van der Waals surface area (Å²) in [6.45, 7) is 2.41. The van der Waals surface area contributed by atoms with Crippen molar-refractivity contribution in [3.8, 4) is 0 Å². The molecule has 126 valence electrons. The minimum atomic E-state index is -0.870. The number of aliphatic carboxylic acids is 1. The molecule has 0 saturated carbocycles. The fourth-order valence-corrected chi connectivity index (χ4v) is 3.29. The summed E-state index contributed by atoms with van der Waals surface area (Å²) in [4.78, 5) is 25.9. The van der Waals surface area contributed by atoms with E-state index in [1.165, 1.54) is 0 Å². The van der Waals surface area contributed by atoms with Crippen molar-refractivity contribution < 1.29 is 14.7 Å². The maximum Gasteiger partial charge on any atom is 0.308 e. The van der Waals surface area contributed by atoms with Gasteiger partial charge in [-0.25, -0.2) is 0 Å². The first-order valence-corrected chi connectivity index (χ1v) is 8.02. The molecule has 0 spiro atoms. The van der Waals surface area contributed by atoms with Gasteiger partial charge in [0.25, 0.3) is 0 Å². The highest BCUT2D eigenvalue weighted by Crippen LogP contribution is 2.37. The summed E-state index contributed by atoms with van der Waals surface area (Å²) in [5, 5.41) is 13.8. The first-order chi connectivity index (χ1) is 11.5. The molecule has 1 amide bonds. The van der Waals surface area contributed by atoms with Crippen LogP contribution in [-0.4, -0.2) is 31.7 Å². The van der Waals surface area contributed by atoms with Gasteiger partial charge in [-0.1, -0.05) is 29.8 Å². The Morgan fingerprint density at radius 3 is 2.62 bits per heavy atom. The number of likely N-dealkylation sites (tertiary alicyclic amines) is 1. The van der Waals surface area contributed by atoms with E-state index in [1.807, 2.05) is 31.2 Å². The minimum Gasteiger partial charge on any atom is -0.481 e. The fourth-order valence-electron chi connectivity index (χ4n) is 3.29. The Balaban J connectivity index is 1.96. The number of hydrogen-bond acceptors (Lipinski definition) is 3. The molecule has 1 aliphatic heterocycles. The van der Waals surface area contributed by atoms with Crippen LogP contribution in [-0.2, 0) is 23.2 Å². The Morgan fingerprint density at radius 1 is 1.33 bits per heavy atom. The predicted molar refractivity (Wildman–Crippen MR) is 88.0 cm³/mol. The third kappa shape index (κ3) is 3.18. The average molecular weight is 327 g/mol. The molecule has 1 N–H and O–H groups in total. The molecule has 1 aromatic carbocycles. The smallest absolute Gasteiger partial charge is 0.308 e. The lowest BCUT2D eigenvalue weighted by Crippen LogP contribution is -2.44. The number of carbonyl (C=O) groups excluding carboxylic acids is 1. The van der Waals surface area contributed by atoms with E-state index in [9.17, 15) is 14.7 Å². The third-order valence-electron chi connectivity index (χ3n) is 4.56. The molecule has 2 atom stereocenters. The number of amides is 1. The van der Waals surface area contributed by atoms with Crippen molar-refractivity contribution in [1.82, 2.24) is 14.7 Å². The van der Waals surface area contributed by atoms with Crippen molar-refractivity contribution in [1.29, 1.82) is 0 Å². The van der Waals surface area contributed by atoms with Crippen LogP contribution in [0.3, 0.4) is 0 Å². The molecule has 0 radical (unpaired) electrons. The van der Waals surface area contributed by atoms with E-state index in [0.717, 1.165) is 16.7 Å². The van der Waals surface area contributed by atoms with E-state index in [2.05, 4.69) is 5.10 Å². The second-order valence-electron chi connectivity index (χ2n) is 6.38. The number of hydrogen-bond donors (Lipinski definition) is 1. The van der Waals surface area contributed by atoms with Gasteiger partial charge in [-0.15, -0.1) is 0 Å². The predicted octanol–water partition coefficient (Wildman–Crippen LogP) is 2.29. The molecular weight excluding hydrogens is 306 g/mol. The van der Waals surface area contributed by atoms with E-state index in [1.54, 1.807) is 29.0 Å². The first kappa shape index (κ1) is 16.2. The van der Waals surface area contributed by atoms with Crippen molar-refractivity contribution >= 4 is 11.9 Å². The fraction of sp³-hybridized carbons (Fsp3) is 0.389. The second-order valence-corrected chi connectivity index (χ2v) is 6.38. The molecule has 1 saturated heterocycles. The minimum absolute atomic E-state index is 0.0121. The standard InChI is InChI=1S/C18H21N3O3/c1-12-3-5-13(6-4-12)10-21-16(22)8-7-15(18(23)24)17(21)14-9-19-20(2)11-14/h3-6,9,11,15,17H,7-8,10H2,1-2H3,(H,23,24)/t15-,17-/m0/s1. The van der Waals surface area contributed by atoms with Gasteiger partial charge in [-0.05, 0) is 18.9 Å². The maximum atomic E-state index is 12.5. The van der Waals surface area contributed by atoms with E-state index < -0.39 is 17.9 Å². The normalized spacial score (nSPS) is 21.1. The topological polar surface area (TPSA) is 75.4 Å². The summed E-state index contributed by atoms with van der Waals surface area (Å²) < 4.78 is 1.64. The van der Waals surface area contributed by atoms with Gasteiger partial charge in [0.2, 0.25) is 5.91 Å². The zero-order chi connectivity index (χ0) is 17.3. The summed E-state index contributed by atoms with van der Waals surface area (Å²) in [6.07, 6.45) is 4.07. The van der Waals surface area contributed by atoms with Gasteiger partial charge in [0, 0.05) is 31.8 Å². The van der Waals surface area contributed by atoms with Gasteiger partial charge in [-0.3, -0.25) is 14.3 Å². The van der Waals surface area contributed by atoms with Crippen LogP contribution in [0, 0.1) is 12.8 Å². The van der Waals surface area contributed by atoms with Gasteiger partial charge in [0.15, 0.2) is 0 Å². The zero-order valence-electron chi connectivity index (χ0n) is 13.8. The van der Waals surface area contributed by atoms with Crippen LogP contribution >= 0.6 is 0 Å². The molecule has 6 nitrogen and oxygen atoms in total. The number of rotatable bonds is 4. The largest absolute Gasteiger partial charge is 0.481 e. The summed E-state index contributed by atoms with van der Waals surface area (Å²) in [5.74, 6) is -1.50. The molecule has 6 heteroatoms.